The van der Waals surface area contributed by atoms with Crippen molar-refractivity contribution in [1.29, 1.82) is 0 Å². The van der Waals surface area contributed by atoms with Gasteiger partial charge in [0.2, 0.25) is 0 Å². The van der Waals surface area contributed by atoms with Gasteiger partial charge in [-0.25, -0.2) is 5.43 Å². The smallest absolute Gasteiger partial charge is 0.329 e. The molecule has 0 fully saturated rings. The van der Waals surface area contributed by atoms with E-state index in [0.29, 0.717) is 28.1 Å². The number of carbonyl (C=O) groups is 2. The van der Waals surface area contributed by atoms with Crippen molar-refractivity contribution >= 4 is 34.0 Å². The Labute approximate surface area is 143 Å². The van der Waals surface area contributed by atoms with Gasteiger partial charge in [-0.3, -0.25) is 9.59 Å². The number of hydrazone groups is 1. The number of rotatable bonds is 6. The number of amides is 2. The van der Waals surface area contributed by atoms with Crippen LogP contribution in [0, 0.1) is 0 Å². The zero-order chi connectivity index (χ0) is 17.4. The molecule has 1 rings (SSSR count). The van der Waals surface area contributed by atoms with E-state index in [9.17, 15) is 9.59 Å². The molecule has 1 aromatic carbocycles. The summed E-state index contributed by atoms with van der Waals surface area (Å²) < 4.78 is 12.0. The minimum Gasteiger partial charge on any atom is -0.490 e. The van der Waals surface area contributed by atoms with E-state index in [4.69, 9.17) is 9.47 Å². The van der Waals surface area contributed by atoms with Crippen LogP contribution in [-0.2, 0) is 9.59 Å². The second-order valence-corrected chi connectivity index (χ2v) is 5.56. The Bertz CT molecular complexity index is 603. The molecule has 0 aromatic heterocycles. The number of benzene rings is 1. The second kappa shape index (κ2) is 9.14. The van der Waals surface area contributed by atoms with E-state index < -0.39 is 11.8 Å². The van der Waals surface area contributed by atoms with Crippen LogP contribution in [0.15, 0.2) is 21.7 Å². The standard InChI is InChI=1S/C15H20BrN3O4/c1-5-22-12-7-10(6-11(16)13(12)23-9(2)3)8-18-19-15(21)14(20)17-4/h6-9H,5H2,1-4H3,(H,17,20)(H,19,21)/b18-8-. The number of nitrogens with zero attached hydrogens (tertiary/aromatic N) is 1. The van der Waals surface area contributed by atoms with E-state index in [-0.39, 0.29) is 6.10 Å². The number of halogens is 1. The molecular weight excluding hydrogens is 366 g/mol. The van der Waals surface area contributed by atoms with Crippen molar-refractivity contribution in [3.63, 3.8) is 0 Å². The minimum absolute atomic E-state index is 0.00290. The van der Waals surface area contributed by atoms with Gasteiger partial charge in [-0.2, -0.15) is 5.10 Å². The van der Waals surface area contributed by atoms with E-state index in [1.165, 1.54) is 13.3 Å². The summed E-state index contributed by atoms with van der Waals surface area (Å²) in [6.07, 6.45) is 1.41. The number of likely N-dealkylation sites (N-methyl/N-ethyl adjacent to an activating group) is 1. The van der Waals surface area contributed by atoms with Crippen molar-refractivity contribution in [2.45, 2.75) is 26.9 Å². The maximum atomic E-state index is 11.3. The monoisotopic (exact) mass is 385 g/mol. The van der Waals surface area contributed by atoms with Crippen molar-refractivity contribution < 1.29 is 19.1 Å². The highest BCUT2D eigenvalue weighted by Crippen LogP contribution is 2.37. The fourth-order valence-electron chi connectivity index (χ4n) is 1.61. The molecule has 0 bridgehead atoms. The highest BCUT2D eigenvalue weighted by molar-refractivity contribution is 9.10. The fourth-order valence-corrected chi connectivity index (χ4v) is 2.16. The SMILES string of the molecule is CCOc1cc(/C=N\NC(=O)C(=O)NC)cc(Br)c1OC(C)C. The molecular formula is C15H20BrN3O4. The number of carbonyl (C=O) groups excluding carboxylic acids is 2. The van der Waals surface area contributed by atoms with Gasteiger partial charge >= 0.3 is 11.8 Å². The molecule has 0 aliphatic carbocycles. The van der Waals surface area contributed by atoms with E-state index in [0.717, 1.165) is 0 Å². The largest absolute Gasteiger partial charge is 0.490 e. The highest BCUT2D eigenvalue weighted by Gasteiger charge is 2.13. The van der Waals surface area contributed by atoms with Gasteiger partial charge < -0.3 is 14.8 Å². The van der Waals surface area contributed by atoms with Gasteiger partial charge in [0.25, 0.3) is 0 Å². The lowest BCUT2D eigenvalue weighted by Crippen LogP contribution is -2.35. The first-order valence-electron chi connectivity index (χ1n) is 7.07. The van der Waals surface area contributed by atoms with Gasteiger partial charge in [0.05, 0.1) is 23.4 Å². The maximum absolute atomic E-state index is 11.3. The molecule has 2 amide bonds. The van der Waals surface area contributed by atoms with E-state index in [1.807, 2.05) is 20.8 Å². The molecule has 0 atom stereocenters. The van der Waals surface area contributed by atoms with Crippen molar-refractivity contribution in [2.75, 3.05) is 13.7 Å². The molecule has 0 saturated carbocycles. The normalized spacial score (nSPS) is 10.7. The lowest BCUT2D eigenvalue weighted by molar-refractivity contribution is -0.138. The molecule has 0 saturated heterocycles. The van der Waals surface area contributed by atoms with Crippen LogP contribution < -0.4 is 20.2 Å². The Balaban J connectivity index is 2.96. The van der Waals surface area contributed by atoms with Gasteiger partial charge in [0.1, 0.15) is 0 Å². The van der Waals surface area contributed by atoms with Gasteiger partial charge in [-0.15, -0.1) is 0 Å². The van der Waals surface area contributed by atoms with Crippen LogP contribution in [0.25, 0.3) is 0 Å². The van der Waals surface area contributed by atoms with Crippen molar-refractivity contribution in [3.05, 3.63) is 22.2 Å². The summed E-state index contributed by atoms with van der Waals surface area (Å²) in [7, 11) is 1.37. The Hall–Kier alpha value is -2.09. The third-order valence-electron chi connectivity index (χ3n) is 2.50. The molecule has 126 valence electrons. The molecule has 0 unspecified atom stereocenters. The van der Waals surface area contributed by atoms with Crippen LogP contribution in [0.5, 0.6) is 11.5 Å². The number of ether oxygens (including phenoxy) is 2. The predicted molar refractivity (Wildman–Crippen MR) is 90.9 cm³/mol. The molecule has 0 radical (unpaired) electrons. The summed E-state index contributed by atoms with van der Waals surface area (Å²) in [6.45, 7) is 6.20. The molecule has 2 N–H and O–H groups in total. The highest BCUT2D eigenvalue weighted by atomic mass is 79.9. The third kappa shape index (κ3) is 5.90. The van der Waals surface area contributed by atoms with Gasteiger partial charge in [-0.05, 0) is 54.4 Å². The third-order valence-corrected chi connectivity index (χ3v) is 3.09. The Kier molecular flexibility index (Phi) is 7.53. The fraction of sp³-hybridized carbons (Fsp3) is 0.400. The van der Waals surface area contributed by atoms with Gasteiger partial charge in [-0.1, -0.05) is 0 Å². The van der Waals surface area contributed by atoms with Crippen molar-refractivity contribution in [2.24, 2.45) is 5.10 Å². The topological polar surface area (TPSA) is 89.0 Å². The summed E-state index contributed by atoms with van der Waals surface area (Å²) in [5.41, 5.74) is 2.81. The predicted octanol–water partition coefficient (Wildman–Crippen LogP) is 1.83. The average Bonchev–Trinajstić information content (AvgIpc) is 2.49. The van der Waals surface area contributed by atoms with Crippen LogP contribution in [0.1, 0.15) is 26.3 Å². The molecule has 23 heavy (non-hydrogen) atoms. The van der Waals surface area contributed by atoms with Crippen LogP contribution in [-0.4, -0.2) is 37.8 Å². The lowest BCUT2D eigenvalue weighted by Gasteiger charge is -2.16. The van der Waals surface area contributed by atoms with Gasteiger partial charge in [0.15, 0.2) is 11.5 Å². The van der Waals surface area contributed by atoms with E-state index >= 15 is 0 Å². The first kappa shape index (κ1) is 19.0. The summed E-state index contributed by atoms with van der Waals surface area (Å²) in [5.74, 6) is -0.435. The van der Waals surface area contributed by atoms with Crippen LogP contribution in [0.2, 0.25) is 0 Å². The second-order valence-electron chi connectivity index (χ2n) is 4.71. The summed E-state index contributed by atoms with van der Waals surface area (Å²) in [4.78, 5) is 22.3. The summed E-state index contributed by atoms with van der Waals surface area (Å²) in [5, 5.41) is 5.95. The number of nitrogens with one attached hydrogen (secondary N) is 2. The zero-order valence-corrected chi connectivity index (χ0v) is 15.1. The molecule has 0 aliphatic heterocycles. The van der Waals surface area contributed by atoms with Crippen molar-refractivity contribution in [3.8, 4) is 11.5 Å². The first-order valence-corrected chi connectivity index (χ1v) is 7.86. The zero-order valence-electron chi connectivity index (χ0n) is 13.5. The van der Waals surface area contributed by atoms with Gasteiger partial charge in [0, 0.05) is 7.05 Å². The number of hydrogen-bond donors (Lipinski definition) is 2. The van der Waals surface area contributed by atoms with Crippen molar-refractivity contribution in [1.82, 2.24) is 10.7 Å². The Morgan fingerprint density at radius 1 is 1.35 bits per heavy atom. The van der Waals surface area contributed by atoms with E-state index in [2.05, 4.69) is 31.8 Å². The molecule has 0 aliphatic rings. The van der Waals surface area contributed by atoms with Crippen LogP contribution in [0.3, 0.4) is 0 Å². The molecule has 0 heterocycles. The Morgan fingerprint density at radius 2 is 2.04 bits per heavy atom. The average molecular weight is 386 g/mol. The van der Waals surface area contributed by atoms with E-state index in [1.54, 1.807) is 12.1 Å². The minimum atomic E-state index is -0.840. The molecule has 7 nitrogen and oxygen atoms in total. The molecule has 1 aromatic rings. The maximum Gasteiger partial charge on any atom is 0.329 e. The summed E-state index contributed by atoms with van der Waals surface area (Å²) >= 11 is 3.43. The first-order chi connectivity index (χ1) is 10.9. The van der Waals surface area contributed by atoms with Crippen LogP contribution >= 0.6 is 15.9 Å². The summed E-state index contributed by atoms with van der Waals surface area (Å²) in [6, 6.07) is 3.51. The quantitative estimate of drug-likeness (QED) is 0.444. The molecule has 0 spiro atoms. The molecule has 8 heteroatoms. The van der Waals surface area contributed by atoms with Crippen LogP contribution in [0.4, 0.5) is 0 Å². The Morgan fingerprint density at radius 3 is 2.61 bits per heavy atom. The lowest BCUT2D eigenvalue weighted by atomic mass is 10.2. The number of hydrogen-bond acceptors (Lipinski definition) is 5.